The second kappa shape index (κ2) is 7.26. The van der Waals surface area contributed by atoms with Crippen molar-refractivity contribution in [3.8, 4) is 0 Å². The third-order valence-corrected chi connectivity index (χ3v) is 4.47. The number of ether oxygens (including phenoxy) is 1. The first-order valence-electron chi connectivity index (χ1n) is 7.00. The van der Waals surface area contributed by atoms with E-state index in [1.807, 2.05) is 6.07 Å². The van der Waals surface area contributed by atoms with E-state index >= 15 is 0 Å². The van der Waals surface area contributed by atoms with Crippen LogP contribution in [0.3, 0.4) is 0 Å². The Morgan fingerprint density at radius 2 is 2.10 bits per heavy atom. The molecule has 3 nitrogen and oxygen atoms in total. The second-order valence-electron chi connectivity index (χ2n) is 5.04. The molecule has 0 bridgehead atoms. The summed E-state index contributed by atoms with van der Waals surface area (Å²) in [6, 6.07) is 1.94. The lowest BCUT2D eigenvalue weighted by Crippen LogP contribution is -2.25. The largest absolute Gasteiger partial charge is 0.411 e. The van der Waals surface area contributed by atoms with Crippen LogP contribution in [-0.2, 0) is 17.6 Å². The van der Waals surface area contributed by atoms with Gasteiger partial charge in [-0.3, -0.25) is 4.79 Å². The number of rotatable bonds is 6. The van der Waals surface area contributed by atoms with E-state index in [1.165, 1.54) is 34.6 Å². The molecule has 118 valence electrons. The molecular weight excluding hydrogens is 303 g/mol. The van der Waals surface area contributed by atoms with Crippen LogP contribution < -0.4 is 5.32 Å². The number of fused-ring (bicyclic) bond motifs is 1. The number of carbonyl (C=O) groups is 1. The number of nitrogens with one attached hydrogen (secondary N) is 1. The molecule has 21 heavy (non-hydrogen) atoms. The molecule has 7 heteroatoms. The van der Waals surface area contributed by atoms with Crippen molar-refractivity contribution < 1.29 is 22.7 Å². The fraction of sp³-hybridized carbons (Fsp3) is 0.643. The van der Waals surface area contributed by atoms with Crippen LogP contribution >= 0.6 is 11.3 Å². The fourth-order valence-corrected chi connectivity index (χ4v) is 3.42. The van der Waals surface area contributed by atoms with E-state index in [0.717, 1.165) is 12.8 Å². The number of aryl methyl sites for hydroxylation is 2. The first kappa shape index (κ1) is 16.3. The highest BCUT2D eigenvalue weighted by molar-refractivity contribution is 7.14. The molecule has 0 radical (unpaired) electrons. The summed E-state index contributed by atoms with van der Waals surface area (Å²) in [5.41, 5.74) is 1.27. The van der Waals surface area contributed by atoms with E-state index in [2.05, 4.69) is 10.1 Å². The molecule has 1 heterocycles. The summed E-state index contributed by atoms with van der Waals surface area (Å²) in [5, 5.41) is 2.72. The summed E-state index contributed by atoms with van der Waals surface area (Å²) >= 11 is 1.52. The maximum absolute atomic E-state index is 11.9. The van der Waals surface area contributed by atoms with E-state index in [1.54, 1.807) is 0 Å². The minimum atomic E-state index is -4.29. The Balaban J connectivity index is 1.67. The van der Waals surface area contributed by atoms with Gasteiger partial charge in [0.2, 0.25) is 0 Å². The Labute approximate surface area is 125 Å². The Hall–Kier alpha value is -1.08. The van der Waals surface area contributed by atoms with E-state index in [9.17, 15) is 18.0 Å². The highest BCUT2D eigenvalue weighted by Crippen LogP contribution is 2.29. The highest BCUT2D eigenvalue weighted by atomic mass is 32.1. The van der Waals surface area contributed by atoms with Gasteiger partial charge >= 0.3 is 6.18 Å². The first-order valence-corrected chi connectivity index (χ1v) is 7.81. The van der Waals surface area contributed by atoms with Crippen molar-refractivity contribution >= 4 is 17.2 Å². The van der Waals surface area contributed by atoms with Crippen LogP contribution in [0.4, 0.5) is 13.2 Å². The van der Waals surface area contributed by atoms with E-state index in [-0.39, 0.29) is 12.5 Å². The molecule has 2 rings (SSSR count). The molecule has 1 aliphatic rings. The standard InChI is InChI=1S/C14H18F3NO2S/c15-14(16,17)9-20-7-3-6-18-13(19)12-8-10-4-1-2-5-11(10)21-12/h8H,1-7,9H2,(H,18,19). The van der Waals surface area contributed by atoms with Crippen molar-refractivity contribution in [2.45, 2.75) is 38.3 Å². The van der Waals surface area contributed by atoms with Crippen molar-refractivity contribution in [3.05, 3.63) is 21.4 Å². The molecule has 1 amide bonds. The van der Waals surface area contributed by atoms with Crippen molar-refractivity contribution in [1.82, 2.24) is 5.32 Å². The molecule has 0 saturated carbocycles. The molecule has 0 atom stereocenters. The van der Waals surface area contributed by atoms with Crippen LogP contribution in [-0.4, -0.2) is 31.8 Å². The maximum Gasteiger partial charge on any atom is 0.411 e. The van der Waals surface area contributed by atoms with E-state index in [0.29, 0.717) is 17.8 Å². The number of alkyl halides is 3. The quantitative estimate of drug-likeness (QED) is 0.816. The molecule has 0 saturated heterocycles. The average molecular weight is 321 g/mol. The van der Waals surface area contributed by atoms with Gasteiger partial charge in [0.25, 0.3) is 5.91 Å². The Morgan fingerprint density at radius 3 is 2.81 bits per heavy atom. The lowest BCUT2D eigenvalue weighted by Gasteiger charge is -2.08. The second-order valence-corrected chi connectivity index (χ2v) is 6.18. The van der Waals surface area contributed by atoms with Crippen LogP contribution in [0.2, 0.25) is 0 Å². The number of halogens is 3. The minimum absolute atomic E-state index is 0.0132. The summed E-state index contributed by atoms with van der Waals surface area (Å²) in [6.45, 7) is -0.932. The lowest BCUT2D eigenvalue weighted by molar-refractivity contribution is -0.173. The predicted molar refractivity (Wildman–Crippen MR) is 74.8 cm³/mol. The van der Waals surface area contributed by atoms with Crippen LogP contribution in [0.15, 0.2) is 6.07 Å². The van der Waals surface area contributed by atoms with Gasteiger partial charge in [-0.2, -0.15) is 13.2 Å². The van der Waals surface area contributed by atoms with Crippen LogP contribution in [0.25, 0.3) is 0 Å². The summed E-state index contributed by atoms with van der Waals surface area (Å²) in [6.07, 6.45) is 0.488. The fourth-order valence-electron chi connectivity index (χ4n) is 2.25. The minimum Gasteiger partial charge on any atom is -0.372 e. The van der Waals surface area contributed by atoms with Gasteiger partial charge in [0.15, 0.2) is 0 Å². The summed E-state index contributed by atoms with van der Waals surface area (Å²) in [5.74, 6) is -0.148. The molecule has 1 aromatic heterocycles. The summed E-state index contributed by atoms with van der Waals surface area (Å²) in [4.78, 5) is 13.9. The van der Waals surface area contributed by atoms with Crippen molar-refractivity contribution in [2.75, 3.05) is 19.8 Å². The van der Waals surface area contributed by atoms with Gasteiger partial charge in [-0.25, -0.2) is 0 Å². The number of thiophene rings is 1. The van der Waals surface area contributed by atoms with Gasteiger partial charge < -0.3 is 10.1 Å². The Kier molecular flexibility index (Phi) is 5.64. The topological polar surface area (TPSA) is 38.3 Å². The van der Waals surface area contributed by atoms with Gasteiger partial charge in [-0.1, -0.05) is 0 Å². The lowest BCUT2D eigenvalue weighted by atomic mass is 9.99. The summed E-state index contributed by atoms with van der Waals surface area (Å²) in [7, 11) is 0. The Morgan fingerprint density at radius 1 is 1.33 bits per heavy atom. The third-order valence-electron chi connectivity index (χ3n) is 3.24. The monoisotopic (exact) mass is 321 g/mol. The molecule has 1 N–H and O–H groups in total. The van der Waals surface area contributed by atoms with Crippen molar-refractivity contribution in [3.63, 3.8) is 0 Å². The number of hydrogen-bond acceptors (Lipinski definition) is 3. The number of carbonyl (C=O) groups excluding carboxylic acids is 1. The molecular formula is C14H18F3NO2S. The van der Waals surface area contributed by atoms with Crippen molar-refractivity contribution in [2.24, 2.45) is 0 Å². The molecule has 1 aromatic rings. The SMILES string of the molecule is O=C(NCCCOCC(F)(F)F)c1cc2c(s1)CCCC2. The zero-order valence-electron chi connectivity index (χ0n) is 11.6. The zero-order valence-corrected chi connectivity index (χ0v) is 12.4. The van der Waals surface area contributed by atoms with E-state index < -0.39 is 12.8 Å². The zero-order chi connectivity index (χ0) is 15.3. The molecule has 0 spiro atoms. The molecule has 1 aliphatic carbocycles. The van der Waals surface area contributed by atoms with Gasteiger partial charge in [0.05, 0.1) is 4.88 Å². The van der Waals surface area contributed by atoms with E-state index in [4.69, 9.17) is 0 Å². The first-order chi connectivity index (χ1) is 9.96. The highest BCUT2D eigenvalue weighted by Gasteiger charge is 2.27. The summed E-state index contributed by atoms with van der Waals surface area (Å²) < 4.78 is 40.0. The number of amides is 1. The molecule has 0 fully saturated rings. The predicted octanol–water partition coefficient (Wildman–Crippen LogP) is 3.33. The van der Waals surface area contributed by atoms with Gasteiger partial charge in [0, 0.05) is 18.0 Å². The third kappa shape index (κ3) is 5.32. The number of hydrogen-bond donors (Lipinski definition) is 1. The molecule has 0 unspecified atom stereocenters. The van der Waals surface area contributed by atoms with Crippen molar-refractivity contribution in [1.29, 1.82) is 0 Å². The smallest absolute Gasteiger partial charge is 0.372 e. The average Bonchev–Trinajstić information content (AvgIpc) is 2.85. The Bertz CT molecular complexity index is 462. The van der Waals surface area contributed by atoms with Gasteiger partial charge in [-0.15, -0.1) is 11.3 Å². The van der Waals surface area contributed by atoms with Crippen LogP contribution in [0.5, 0.6) is 0 Å². The van der Waals surface area contributed by atoms with Crippen LogP contribution in [0.1, 0.15) is 39.4 Å². The van der Waals surface area contributed by atoms with Gasteiger partial charge in [-0.05, 0) is 43.7 Å². The normalized spacial score (nSPS) is 14.8. The van der Waals surface area contributed by atoms with Crippen LogP contribution in [0, 0.1) is 0 Å². The molecule has 0 aliphatic heterocycles. The maximum atomic E-state index is 11.9. The molecule has 0 aromatic carbocycles. The van der Waals surface area contributed by atoms with Gasteiger partial charge in [0.1, 0.15) is 6.61 Å².